The van der Waals surface area contributed by atoms with E-state index in [0.29, 0.717) is 41.7 Å². The molecule has 3 rings (SSSR count). The summed E-state index contributed by atoms with van der Waals surface area (Å²) in [6.45, 7) is 10.8. The number of morpholine rings is 1. The van der Waals surface area contributed by atoms with Crippen molar-refractivity contribution in [2.24, 2.45) is 5.92 Å². The summed E-state index contributed by atoms with van der Waals surface area (Å²) < 4.78 is 27.3. The van der Waals surface area contributed by atoms with Crippen LogP contribution in [0.3, 0.4) is 0 Å². The number of piperidine rings is 1. The molecule has 2 N–H and O–H groups in total. The van der Waals surface area contributed by atoms with Gasteiger partial charge in [0, 0.05) is 24.7 Å². The van der Waals surface area contributed by atoms with E-state index in [9.17, 15) is 13.8 Å². The molecule has 8 nitrogen and oxygen atoms in total. The molecule has 11 heteroatoms. The maximum Gasteiger partial charge on any atom is 0.253 e. The summed E-state index contributed by atoms with van der Waals surface area (Å²) >= 11 is 12.7. The van der Waals surface area contributed by atoms with E-state index in [1.165, 1.54) is 0 Å². The van der Waals surface area contributed by atoms with Crippen LogP contribution >= 0.6 is 23.2 Å². The zero-order valence-corrected chi connectivity index (χ0v) is 22.6. The molecule has 2 fully saturated rings. The Bertz CT molecular complexity index is 967. The Balaban J connectivity index is 1.82. The number of nitrogens with zero attached hydrogens (tertiary/aromatic N) is 1. The fourth-order valence-corrected chi connectivity index (χ4v) is 5.30. The number of amides is 2. The van der Waals surface area contributed by atoms with Crippen molar-refractivity contribution in [3.8, 4) is 5.75 Å². The molecule has 2 unspecified atom stereocenters. The van der Waals surface area contributed by atoms with Gasteiger partial charge in [-0.15, -0.1) is 0 Å². The second-order valence-electron chi connectivity index (χ2n) is 9.65. The van der Waals surface area contributed by atoms with Crippen LogP contribution in [0.4, 0.5) is 0 Å². The number of nitrogens with one attached hydrogen (secondary N) is 2. The molecule has 0 bridgehead atoms. The number of hydrogen-bond donors (Lipinski definition) is 2. The maximum absolute atomic E-state index is 13.1. The highest BCUT2D eigenvalue weighted by Gasteiger charge is 2.36. The van der Waals surface area contributed by atoms with Crippen LogP contribution in [-0.4, -0.2) is 64.6 Å². The van der Waals surface area contributed by atoms with E-state index in [-0.39, 0.29) is 43.5 Å². The van der Waals surface area contributed by atoms with Gasteiger partial charge in [0.15, 0.2) is 6.10 Å². The van der Waals surface area contributed by atoms with Crippen LogP contribution in [-0.2, 0) is 25.3 Å². The minimum absolute atomic E-state index is 0.0562. The van der Waals surface area contributed by atoms with Gasteiger partial charge in [0.05, 0.1) is 38.4 Å². The molecule has 1 aromatic carbocycles. The SMILES string of the molecule is C=CCOc1cc(Cl)c(Cl)cc1[C@H](NS(=O)C(C)(C)C)C1CCN(C(=O)C2CNC(=O)CO2)CC1. The predicted octanol–water partition coefficient (Wildman–Crippen LogP) is 3.40. The molecule has 0 spiro atoms. The van der Waals surface area contributed by atoms with Gasteiger partial charge in [-0.2, -0.15) is 0 Å². The van der Waals surface area contributed by atoms with Crippen molar-refractivity contribution in [2.75, 3.05) is 32.8 Å². The van der Waals surface area contributed by atoms with Crippen molar-refractivity contribution in [2.45, 2.75) is 50.5 Å². The minimum atomic E-state index is -1.36. The molecular formula is C24H33Cl2N3O5S. The summed E-state index contributed by atoms with van der Waals surface area (Å²) in [5.41, 5.74) is 0.766. The van der Waals surface area contributed by atoms with Crippen LogP contribution < -0.4 is 14.8 Å². The molecule has 0 aliphatic carbocycles. The van der Waals surface area contributed by atoms with Gasteiger partial charge in [0.25, 0.3) is 5.91 Å². The fourth-order valence-electron chi connectivity index (χ4n) is 4.07. The van der Waals surface area contributed by atoms with Gasteiger partial charge in [0.1, 0.15) is 19.0 Å². The lowest BCUT2D eigenvalue weighted by Crippen LogP contribution is -2.53. The highest BCUT2D eigenvalue weighted by molar-refractivity contribution is 7.84. The molecule has 2 amide bonds. The van der Waals surface area contributed by atoms with Crippen molar-refractivity contribution in [3.05, 3.63) is 40.4 Å². The molecule has 3 atom stereocenters. The number of ether oxygens (including phenoxy) is 2. The van der Waals surface area contributed by atoms with Crippen molar-refractivity contribution in [1.82, 2.24) is 14.9 Å². The average molecular weight is 547 g/mol. The Morgan fingerprint density at radius 2 is 2.00 bits per heavy atom. The highest BCUT2D eigenvalue weighted by Crippen LogP contribution is 2.40. The van der Waals surface area contributed by atoms with E-state index in [0.717, 1.165) is 5.56 Å². The molecule has 35 heavy (non-hydrogen) atoms. The Hall–Kier alpha value is -1.65. The first kappa shape index (κ1) is 27.9. The quantitative estimate of drug-likeness (QED) is 0.488. The van der Waals surface area contributed by atoms with Crippen molar-refractivity contribution >= 4 is 46.0 Å². The van der Waals surface area contributed by atoms with Crippen molar-refractivity contribution in [1.29, 1.82) is 0 Å². The van der Waals surface area contributed by atoms with E-state index >= 15 is 0 Å². The maximum atomic E-state index is 13.1. The van der Waals surface area contributed by atoms with E-state index in [1.54, 1.807) is 23.1 Å². The molecule has 2 aliphatic rings. The van der Waals surface area contributed by atoms with Gasteiger partial charge >= 0.3 is 0 Å². The van der Waals surface area contributed by atoms with Crippen LogP contribution in [0.25, 0.3) is 0 Å². The molecule has 0 aromatic heterocycles. The van der Waals surface area contributed by atoms with E-state index in [1.807, 2.05) is 20.8 Å². The molecule has 2 heterocycles. The van der Waals surface area contributed by atoms with E-state index < -0.39 is 21.8 Å². The topological polar surface area (TPSA) is 97.0 Å². The van der Waals surface area contributed by atoms with Crippen LogP contribution in [0.2, 0.25) is 10.0 Å². The summed E-state index contributed by atoms with van der Waals surface area (Å²) in [4.78, 5) is 26.0. The monoisotopic (exact) mass is 545 g/mol. The van der Waals surface area contributed by atoms with E-state index in [4.69, 9.17) is 32.7 Å². The number of carbonyl (C=O) groups excluding carboxylic acids is 2. The average Bonchev–Trinajstić information content (AvgIpc) is 2.82. The number of hydrogen-bond acceptors (Lipinski definition) is 5. The lowest BCUT2D eigenvalue weighted by Gasteiger charge is -2.39. The third-order valence-electron chi connectivity index (χ3n) is 6.03. The van der Waals surface area contributed by atoms with Crippen molar-refractivity contribution in [3.63, 3.8) is 0 Å². The fraction of sp³-hybridized carbons (Fsp3) is 0.583. The lowest BCUT2D eigenvalue weighted by atomic mass is 9.85. The minimum Gasteiger partial charge on any atom is -0.489 e. The third-order valence-corrected chi connectivity index (χ3v) is 8.34. The first-order valence-corrected chi connectivity index (χ1v) is 13.5. The third kappa shape index (κ3) is 7.20. The van der Waals surface area contributed by atoms with Crippen LogP contribution in [0, 0.1) is 5.92 Å². The number of rotatable bonds is 8. The summed E-state index contributed by atoms with van der Waals surface area (Å²) in [5, 5.41) is 3.42. The Kier molecular flexibility index (Phi) is 9.62. The van der Waals surface area contributed by atoms with Crippen LogP contribution in [0.15, 0.2) is 24.8 Å². The number of halogens is 2. The molecule has 194 valence electrons. The predicted molar refractivity (Wildman–Crippen MR) is 138 cm³/mol. The summed E-state index contributed by atoms with van der Waals surface area (Å²) in [6.07, 6.45) is 2.32. The first-order chi connectivity index (χ1) is 16.5. The number of carbonyl (C=O) groups is 2. The highest BCUT2D eigenvalue weighted by atomic mass is 35.5. The van der Waals surface area contributed by atoms with E-state index in [2.05, 4.69) is 16.6 Å². The van der Waals surface area contributed by atoms with Gasteiger partial charge in [-0.3, -0.25) is 9.59 Å². The molecule has 2 aliphatic heterocycles. The van der Waals surface area contributed by atoms with Gasteiger partial charge in [-0.1, -0.05) is 35.9 Å². The van der Waals surface area contributed by atoms with Crippen LogP contribution in [0.1, 0.15) is 45.2 Å². The molecule has 1 aromatic rings. The standard InChI is InChI=1S/C24H33Cl2N3O5S/c1-5-10-33-19-12-18(26)17(25)11-16(19)22(28-35(32)24(2,3)4)15-6-8-29(9-7-15)23(31)20-13-27-21(30)14-34-20/h5,11-12,15,20,22,28H,1,6-10,13-14H2,2-4H3,(H,27,30)/t20?,22-,35?/m1/s1. The normalized spacial score (nSPS) is 21.2. The zero-order valence-electron chi connectivity index (χ0n) is 20.3. The molecule has 0 radical (unpaired) electrons. The summed E-state index contributed by atoms with van der Waals surface area (Å²) in [6, 6.07) is 3.09. The van der Waals surface area contributed by atoms with Gasteiger partial charge in [0.2, 0.25) is 5.91 Å². The zero-order chi connectivity index (χ0) is 25.8. The Morgan fingerprint density at radius 3 is 2.57 bits per heavy atom. The second kappa shape index (κ2) is 12.1. The van der Waals surface area contributed by atoms with Crippen LogP contribution in [0.5, 0.6) is 5.75 Å². The van der Waals surface area contributed by atoms with Gasteiger partial charge in [-0.05, 0) is 45.6 Å². The smallest absolute Gasteiger partial charge is 0.253 e. The van der Waals surface area contributed by atoms with Gasteiger partial charge < -0.3 is 19.7 Å². The lowest BCUT2D eigenvalue weighted by molar-refractivity contribution is -0.151. The Labute approximate surface area is 219 Å². The first-order valence-electron chi connectivity index (χ1n) is 11.6. The Morgan fingerprint density at radius 1 is 1.34 bits per heavy atom. The molecule has 2 saturated heterocycles. The summed E-state index contributed by atoms with van der Waals surface area (Å²) in [7, 11) is -1.36. The van der Waals surface area contributed by atoms with Gasteiger partial charge in [-0.25, -0.2) is 8.93 Å². The summed E-state index contributed by atoms with van der Waals surface area (Å²) in [5.74, 6) is 0.258. The second-order valence-corrected chi connectivity index (χ2v) is 12.5. The molecular weight excluding hydrogens is 513 g/mol. The number of benzene rings is 1. The largest absolute Gasteiger partial charge is 0.489 e. The molecule has 0 saturated carbocycles. The number of likely N-dealkylation sites (tertiary alicyclic amines) is 1. The van der Waals surface area contributed by atoms with Crippen molar-refractivity contribution < 1.29 is 23.3 Å².